The molecule has 0 spiro atoms. The summed E-state index contributed by atoms with van der Waals surface area (Å²) in [4.78, 5) is 24.4. The van der Waals surface area contributed by atoms with Crippen LogP contribution in [0.2, 0.25) is 0 Å². The molecule has 2 aliphatic rings. The molecule has 0 fully saturated rings. The number of nitrogens with zero attached hydrogens (tertiary/aromatic N) is 5. The van der Waals surface area contributed by atoms with Gasteiger partial charge >= 0.3 is 6.18 Å². The van der Waals surface area contributed by atoms with Gasteiger partial charge in [0, 0.05) is 42.2 Å². The third-order valence-electron chi connectivity index (χ3n) is 7.25. The highest BCUT2D eigenvalue weighted by atomic mass is 19.4. The van der Waals surface area contributed by atoms with Crippen LogP contribution in [0.4, 0.5) is 13.2 Å². The zero-order valence-electron chi connectivity index (χ0n) is 23.6. The molecule has 2 aliphatic heterocycles. The minimum absolute atomic E-state index is 0.00968. The zero-order chi connectivity index (χ0) is 30.2. The molecule has 2 amide bonds. The minimum Gasteiger partial charge on any atom is -0.493 e. The van der Waals surface area contributed by atoms with E-state index in [4.69, 9.17) is 9.47 Å². The van der Waals surface area contributed by atoms with E-state index in [-0.39, 0.29) is 53.9 Å². The van der Waals surface area contributed by atoms with E-state index in [0.29, 0.717) is 30.1 Å². The maximum Gasteiger partial charge on any atom is 0.435 e. The third kappa shape index (κ3) is 5.95. The average molecular weight is 585 g/mol. The lowest BCUT2D eigenvalue weighted by Crippen LogP contribution is -2.39. The maximum absolute atomic E-state index is 13.5. The number of methoxy groups -OCH3 is 1. The molecular formula is C29H31F3N6O4. The van der Waals surface area contributed by atoms with E-state index in [1.54, 1.807) is 6.07 Å². The van der Waals surface area contributed by atoms with Crippen molar-refractivity contribution >= 4 is 28.8 Å². The molecular weight excluding hydrogens is 553 g/mol. The quantitative estimate of drug-likeness (QED) is 0.419. The second kappa shape index (κ2) is 11.5. The van der Waals surface area contributed by atoms with Gasteiger partial charge in [-0.25, -0.2) is 10.4 Å². The number of benzene rings is 1. The Morgan fingerprint density at radius 2 is 1.76 bits per heavy atom. The second-order valence-corrected chi connectivity index (χ2v) is 10.8. The number of hydrazone groups is 2. The fourth-order valence-corrected chi connectivity index (χ4v) is 5.08. The fraction of sp³-hybridized carbons (Fsp3) is 0.414. The van der Waals surface area contributed by atoms with Gasteiger partial charge in [0.25, 0.3) is 0 Å². The lowest BCUT2D eigenvalue weighted by Gasteiger charge is -2.29. The van der Waals surface area contributed by atoms with E-state index in [9.17, 15) is 22.8 Å². The molecule has 2 aromatic heterocycles. The first-order valence-corrected chi connectivity index (χ1v) is 13.6. The first kappa shape index (κ1) is 29.1. The first-order valence-electron chi connectivity index (χ1n) is 13.6. The lowest BCUT2D eigenvalue weighted by atomic mass is 9.93. The van der Waals surface area contributed by atoms with Crippen LogP contribution in [0.1, 0.15) is 50.4 Å². The monoisotopic (exact) mass is 584 g/mol. The Bertz CT molecular complexity index is 1560. The van der Waals surface area contributed by atoms with Gasteiger partial charge in [0.15, 0.2) is 5.69 Å². The molecule has 1 aromatic carbocycles. The highest BCUT2D eigenvalue weighted by Gasteiger charge is 2.36. The van der Waals surface area contributed by atoms with E-state index in [2.05, 4.69) is 20.7 Å². The van der Waals surface area contributed by atoms with Crippen LogP contribution in [-0.4, -0.2) is 58.1 Å². The number of nitrogens with one attached hydrogen (secondary N) is 1. The number of aromatic nitrogens is 2. The molecule has 0 bridgehead atoms. The number of carbonyl (C=O) groups excluding carboxylic acids is 2. The predicted molar refractivity (Wildman–Crippen MR) is 148 cm³/mol. The summed E-state index contributed by atoms with van der Waals surface area (Å²) in [5.41, 5.74) is 4.31. The van der Waals surface area contributed by atoms with E-state index < -0.39 is 11.9 Å². The second-order valence-electron chi connectivity index (χ2n) is 10.8. The molecule has 4 heterocycles. The SMILES string of the molecule is COc1ccc(C2=NN(CC(C)COc3ccc(C4=NNC(=O)CC4C)cc3)C(=O)CC2C)c2cc(C(F)(F)F)nn12. The van der Waals surface area contributed by atoms with E-state index >= 15 is 0 Å². The summed E-state index contributed by atoms with van der Waals surface area (Å²) in [5.74, 6) is 0.100. The van der Waals surface area contributed by atoms with Crippen molar-refractivity contribution in [2.45, 2.75) is 39.8 Å². The summed E-state index contributed by atoms with van der Waals surface area (Å²) in [6, 6.07) is 11.6. The Morgan fingerprint density at radius 3 is 2.43 bits per heavy atom. The molecule has 0 saturated heterocycles. The predicted octanol–water partition coefficient (Wildman–Crippen LogP) is 4.51. The summed E-state index contributed by atoms with van der Waals surface area (Å²) in [7, 11) is 1.36. The number of carbonyl (C=O) groups is 2. The van der Waals surface area contributed by atoms with E-state index in [1.807, 2.05) is 45.0 Å². The Kier molecular flexibility index (Phi) is 7.93. The zero-order valence-corrected chi connectivity index (χ0v) is 23.6. The van der Waals surface area contributed by atoms with Gasteiger partial charge in [-0.1, -0.05) is 20.8 Å². The van der Waals surface area contributed by atoms with Crippen LogP contribution >= 0.6 is 0 Å². The molecule has 3 atom stereocenters. The number of hydrogen-bond acceptors (Lipinski definition) is 7. The average Bonchev–Trinajstić information content (AvgIpc) is 3.40. The number of amides is 2. The molecule has 0 radical (unpaired) electrons. The van der Waals surface area contributed by atoms with Crippen LogP contribution in [-0.2, 0) is 15.8 Å². The smallest absolute Gasteiger partial charge is 0.435 e. The Morgan fingerprint density at radius 1 is 1.05 bits per heavy atom. The molecule has 10 nitrogen and oxygen atoms in total. The van der Waals surface area contributed by atoms with Gasteiger partial charge < -0.3 is 9.47 Å². The Labute approximate surface area is 240 Å². The van der Waals surface area contributed by atoms with Gasteiger partial charge in [0.1, 0.15) is 5.75 Å². The first-order chi connectivity index (χ1) is 19.9. The van der Waals surface area contributed by atoms with Gasteiger partial charge in [-0.3, -0.25) is 9.59 Å². The number of alkyl halides is 3. The maximum atomic E-state index is 13.5. The van der Waals surface area contributed by atoms with Crippen LogP contribution in [0, 0.1) is 17.8 Å². The fourth-order valence-electron chi connectivity index (χ4n) is 5.08. The highest BCUT2D eigenvalue weighted by Crippen LogP contribution is 2.33. The summed E-state index contributed by atoms with van der Waals surface area (Å²) < 4.78 is 52.7. The van der Waals surface area contributed by atoms with Crippen LogP contribution < -0.4 is 14.9 Å². The van der Waals surface area contributed by atoms with Gasteiger partial charge in [0.05, 0.1) is 37.2 Å². The van der Waals surface area contributed by atoms with Gasteiger partial charge in [-0.05, 0) is 42.0 Å². The van der Waals surface area contributed by atoms with Crippen molar-refractivity contribution < 1.29 is 32.2 Å². The van der Waals surface area contributed by atoms with Crippen LogP contribution in [0.5, 0.6) is 11.6 Å². The molecule has 42 heavy (non-hydrogen) atoms. The number of hydrogen-bond donors (Lipinski definition) is 1. The van der Waals surface area contributed by atoms with Crippen LogP contribution in [0.15, 0.2) is 52.7 Å². The summed E-state index contributed by atoms with van der Waals surface area (Å²) in [6.07, 6.45) is -4.09. The molecule has 1 N–H and O–H groups in total. The number of rotatable bonds is 8. The van der Waals surface area contributed by atoms with Crippen molar-refractivity contribution in [2.24, 2.45) is 28.0 Å². The van der Waals surface area contributed by atoms with E-state index in [0.717, 1.165) is 21.9 Å². The van der Waals surface area contributed by atoms with E-state index in [1.165, 1.54) is 18.2 Å². The van der Waals surface area contributed by atoms with Crippen LogP contribution in [0.3, 0.4) is 0 Å². The number of ether oxygens (including phenoxy) is 2. The van der Waals surface area contributed by atoms with Crippen molar-refractivity contribution in [3.8, 4) is 11.6 Å². The summed E-state index contributed by atoms with van der Waals surface area (Å²) in [6.45, 7) is 6.27. The Hall–Kier alpha value is -4.42. The lowest BCUT2D eigenvalue weighted by molar-refractivity contribution is -0.141. The van der Waals surface area contributed by atoms with Crippen molar-refractivity contribution in [1.29, 1.82) is 0 Å². The molecule has 3 aromatic rings. The Balaban J connectivity index is 1.30. The molecule has 5 rings (SSSR count). The van der Waals surface area contributed by atoms with Crippen LogP contribution in [0.25, 0.3) is 5.52 Å². The molecule has 3 unspecified atom stereocenters. The minimum atomic E-state index is -4.63. The van der Waals surface area contributed by atoms with Gasteiger partial charge in [-0.15, -0.1) is 0 Å². The molecule has 0 aliphatic carbocycles. The number of fused-ring (bicyclic) bond motifs is 1. The van der Waals surface area contributed by atoms with Crippen molar-refractivity contribution in [2.75, 3.05) is 20.3 Å². The summed E-state index contributed by atoms with van der Waals surface area (Å²) in [5, 5.41) is 13.8. The van der Waals surface area contributed by atoms with Gasteiger partial charge in [0.2, 0.25) is 17.7 Å². The molecule has 13 heteroatoms. The molecule has 222 valence electrons. The largest absolute Gasteiger partial charge is 0.493 e. The number of pyridine rings is 1. The number of halogens is 3. The van der Waals surface area contributed by atoms with Crippen molar-refractivity contribution in [3.05, 3.63) is 59.3 Å². The van der Waals surface area contributed by atoms with Crippen molar-refractivity contribution in [3.63, 3.8) is 0 Å². The third-order valence-corrected chi connectivity index (χ3v) is 7.25. The topological polar surface area (TPSA) is 110 Å². The summed E-state index contributed by atoms with van der Waals surface area (Å²) >= 11 is 0. The standard InChI is InChI=1S/C29H31F3N6O4/c1-16(15-42-20-7-5-19(6-8-20)27-17(2)11-24(39)33-34-27)14-37-25(40)12-18(3)28(36-37)21-9-10-26(41-4)38-22(21)13-23(35-38)29(30,31)32/h5-10,13,16-18H,11-12,14-15H2,1-4H3,(H,33,39). The van der Waals surface area contributed by atoms with Gasteiger partial charge in [-0.2, -0.15) is 33.0 Å². The normalized spacial score (nSPS) is 20.2. The van der Waals surface area contributed by atoms with Crippen molar-refractivity contribution in [1.82, 2.24) is 20.0 Å². The highest BCUT2D eigenvalue weighted by molar-refractivity contribution is 6.10. The molecule has 0 saturated carbocycles.